The Bertz CT molecular complexity index is 1370. The van der Waals surface area contributed by atoms with Crippen LogP contribution < -0.4 is 34.7 Å². The maximum absolute atomic E-state index is 13.5. The average Bonchev–Trinajstić information content (AvgIpc) is 3.36. The summed E-state index contributed by atoms with van der Waals surface area (Å²) in [7, 11) is 0. The third-order valence-corrected chi connectivity index (χ3v) is 7.60. The summed E-state index contributed by atoms with van der Waals surface area (Å²) < 4.78 is 45.5. The molecule has 0 unspecified atom stereocenters. The van der Waals surface area contributed by atoms with Crippen molar-refractivity contribution in [3.05, 3.63) is 76.1 Å². The Kier molecular flexibility index (Phi) is 11.8. The van der Waals surface area contributed by atoms with E-state index in [0.717, 1.165) is 36.8 Å². The second kappa shape index (κ2) is 14.6. The number of ketones is 2. The summed E-state index contributed by atoms with van der Waals surface area (Å²) in [5.74, 6) is -3.35. The van der Waals surface area contributed by atoms with Crippen molar-refractivity contribution in [2.45, 2.75) is 69.9 Å². The first kappa shape index (κ1) is 33.0. The molecule has 1 saturated carbocycles. The van der Waals surface area contributed by atoms with Crippen molar-refractivity contribution in [1.29, 1.82) is 0 Å². The van der Waals surface area contributed by atoms with Crippen molar-refractivity contribution in [2.24, 2.45) is 5.92 Å². The van der Waals surface area contributed by atoms with Crippen molar-refractivity contribution in [1.82, 2.24) is 4.98 Å². The fourth-order valence-corrected chi connectivity index (χ4v) is 5.39. The zero-order chi connectivity index (χ0) is 28.9. The van der Waals surface area contributed by atoms with Gasteiger partial charge in [0.05, 0.1) is 10.6 Å². The van der Waals surface area contributed by atoms with Gasteiger partial charge in [-0.1, -0.05) is 48.0 Å². The molecule has 2 aromatic carbocycles. The molecular weight excluding hydrogens is 570 g/mol. The third kappa shape index (κ3) is 9.01. The number of alkyl halides is 3. The Morgan fingerprint density at radius 1 is 0.976 bits per heavy atom. The predicted molar refractivity (Wildman–Crippen MR) is 140 cm³/mol. The molecule has 0 spiro atoms. The van der Waals surface area contributed by atoms with E-state index in [1.165, 1.54) is 12.1 Å². The second-order valence-electron chi connectivity index (χ2n) is 10.2. The molecular formula is C30H28ClF3NNaO5. The molecule has 0 radical (unpaired) electrons. The van der Waals surface area contributed by atoms with Crippen LogP contribution in [0.25, 0.3) is 11.5 Å². The summed E-state index contributed by atoms with van der Waals surface area (Å²) in [6.45, 7) is 0. The topological polar surface area (TPSA) is 100 Å². The number of benzene rings is 2. The number of carbonyl (C=O) groups excluding carboxylic acids is 3. The molecule has 0 N–H and O–H groups in total. The number of carboxylic acid groups (broad SMARTS) is 1. The van der Waals surface area contributed by atoms with Crippen molar-refractivity contribution >= 4 is 29.1 Å². The van der Waals surface area contributed by atoms with Gasteiger partial charge in [-0.05, 0) is 73.6 Å². The van der Waals surface area contributed by atoms with Crippen LogP contribution in [-0.2, 0) is 22.2 Å². The standard InChI is InChI=1S/C30H29ClF3NO5.Na/c31-24-6-2-1-5-23(24)29-35-27(28(40-29)30(32,33)34)25(37)7-3-4-22(36)16-18-8-12-20(13-9-18)21-14-10-19(11-15-21)17-26(38)39;/h1-2,5-6,8-9,12-13,19,21H,3-4,7,10-11,14-17H2,(H,38,39);/q;+1/p-1. The number of nitrogens with zero attached hydrogens (tertiary/aromatic N) is 1. The number of aromatic nitrogens is 1. The van der Waals surface area contributed by atoms with E-state index in [1.54, 1.807) is 12.1 Å². The van der Waals surface area contributed by atoms with Crippen LogP contribution in [0.1, 0.15) is 84.7 Å². The van der Waals surface area contributed by atoms with Crippen LogP contribution in [-0.4, -0.2) is 22.5 Å². The smallest absolute Gasteiger partial charge is 0.550 e. The van der Waals surface area contributed by atoms with Crippen LogP contribution in [0, 0.1) is 5.92 Å². The normalized spacial score (nSPS) is 17.1. The van der Waals surface area contributed by atoms with Crippen LogP contribution in [0.15, 0.2) is 52.9 Å². The van der Waals surface area contributed by atoms with Gasteiger partial charge in [-0.2, -0.15) is 13.2 Å². The van der Waals surface area contributed by atoms with Crippen molar-refractivity contribution in [3.8, 4) is 11.5 Å². The van der Waals surface area contributed by atoms with Gasteiger partial charge in [-0.15, -0.1) is 0 Å². The molecule has 11 heteroatoms. The molecule has 0 saturated heterocycles. The fourth-order valence-electron chi connectivity index (χ4n) is 5.17. The van der Waals surface area contributed by atoms with Gasteiger partial charge in [0.2, 0.25) is 11.7 Å². The Labute approximate surface area is 263 Å². The number of aliphatic carboxylic acids is 1. The number of carboxylic acids is 1. The van der Waals surface area contributed by atoms with Gasteiger partial charge in [-0.3, -0.25) is 9.59 Å². The molecule has 1 aliphatic rings. The number of hydrogen-bond acceptors (Lipinski definition) is 6. The van der Waals surface area contributed by atoms with Crippen LogP contribution in [0.5, 0.6) is 0 Å². The van der Waals surface area contributed by atoms with Gasteiger partial charge in [-0.25, -0.2) is 4.98 Å². The molecule has 1 aromatic heterocycles. The molecule has 4 rings (SSSR count). The summed E-state index contributed by atoms with van der Waals surface area (Å²) >= 11 is 6.04. The van der Waals surface area contributed by atoms with Crippen molar-refractivity contribution < 1.29 is 66.6 Å². The molecule has 0 atom stereocenters. The molecule has 41 heavy (non-hydrogen) atoms. The minimum Gasteiger partial charge on any atom is -0.550 e. The number of halogens is 4. The van der Waals surface area contributed by atoms with E-state index >= 15 is 0 Å². The number of carbonyl (C=O) groups is 3. The van der Waals surface area contributed by atoms with Gasteiger partial charge < -0.3 is 14.3 Å². The molecule has 3 aromatic rings. The summed E-state index contributed by atoms with van der Waals surface area (Å²) in [5.41, 5.74) is 1.28. The Morgan fingerprint density at radius 3 is 2.24 bits per heavy atom. The Hall–Kier alpha value is -2.46. The monoisotopic (exact) mass is 597 g/mol. The minimum atomic E-state index is -4.92. The van der Waals surface area contributed by atoms with E-state index < -0.39 is 35.3 Å². The molecule has 1 aliphatic carbocycles. The molecule has 1 fully saturated rings. The first-order chi connectivity index (χ1) is 19.0. The van der Waals surface area contributed by atoms with Crippen LogP contribution in [0.3, 0.4) is 0 Å². The summed E-state index contributed by atoms with van der Waals surface area (Å²) in [4.78, 5) is 39.8. The Morgan fingerprint density at radius 2 is 1.63 bits per heavy atom. The van der Waals surface area contributed by atoms with Crippen LogP contribution in [0.4, 0.5) is 13.2 Å². The number of Topliss-reactive ketones (excluding diaryl/α,β-unsaturated/α-hetero) is 2. The molecule has 0 aliphatic heterocycles. The number of rotatable bonds is 11. The maximum Gasteiger partial charge on any atom is 1.00 e. The van der Waals surface area contributed by atoms with E-state index in [9.17, 15) is 32.7 Å². The van der Waals surface area contributed by atoms with E-state index in [-0.39, 0.29) is 83.9 Å². The van der Waals surface area contributed by atoms with E-state index in [4.69, 9.17) is 16.0 Å². The largest absolute Gasteiger partial charge is 1.00 e. The van der Waals surface area contributed by atoms with Gasteiger partial charge >= 0.3 is 35.7 Å². The van der Waals surface area contributed by atoms with E-state index in [0.29, 0.717) is 5.92 Å². The third-order valence-electron chi connectivity index (χ3n) is 7.27. The summed E-state index contributed by atoms with van der Waals surface area (Å²) in [6, 6.07) is 13.8. The Balaban J connectivity index is 0.00000462. The van der Waals surface area contributed by atoms with Crippen molar-refractivity contribution in [3.63, 3.8) is 0 Å². The van der Waals surface area contributed by atoms with E-state index in [2.05, 4.69) is 4.98 Å². The molecule has 6 nitrogen and oxygen atoms in total. The second-order valence-corrected chi connectivity index (χ2v) is 10.6. The molecule has 212 valence electrons. The van der Waals surface area contributed by atoms with Crippen molar-refractivity contribution in [2.75, 3.05) is 0 Å². The zero-order valence-corrected chi connectivity index (χ0v) is 25.4. The zero-order valence-electron chi connectivity index (χ0n) is 22.6. The van der Waals surface area contributed by atoms with Crippen LogP contribution in [0.2, 0.25) is 5.02 Å². The van der Waals surface area contributed by atoms with Gasteiger partial charge in [0.15, 0.2) is 11.5 Å². The SMILES string of the molecule is O=C([O-])CC1CCC(c2ccc(CC(=O)CCCC(=O)c3nc(-c4ccccc4Cl)oc3C(F)(F)F)cc2)CC1.[Na+]. The van der Waals surface area contributed by atoms with Gasteiger partial charge in [0, 0.05) is 25.2 Å². The first-order valence-corrected chi connectivity index (χ1v) is 13.6. The molecule has 1 heterocycles. The minimum absolute atomic E-state index is 0. The average molecular weight is 598 g/mol. The van der Waals surface area contributed by atoms with Gasteiger partial charge in [0.1, 0.15) is 5.78 Å². The first-order valence-electron chi connectivity index (χ1n) is 13.2. The quantitative estimate of drug-likeness (QED) is 0.247. The summed E-state index contributed by atoms with van der Waals surface area (Å²) in [5, 5.41) is 10.9. The summed E-state index contributed by atoms with van der Waals surface area (Å²) in [6.07, 6.45) is -1.33. The number of oxazole rings is 1. The predicted octanol–water partition coefficient (Wildman–Crippen LogP) is 3.60. The number of hydrogen-bond donors (Lipinski definition) is 0. The molecule has 0 amide bonds. The van der Waals surface area contributed by atoms with Gasteiger partial charge in [0.25, 0.3) is 0 Å². The van der Waals surface area contributed by atoms with E-state index in [1.807, 2.05) is 24.3 Å². The molecule has 0 bridgehead atoms. The maximum atomic E-state index is 13.5. The van der Waals surface area contributed by atoms with Crippen LogP contribution >= 0.6 is 11.6 Å². The fraction of sp³-hybridized carbons (Fsp3) is 0.400.